The van der Waals surface area contributed by atoms with E-state index in [4.69, 9.17) is 5.73 Å². The molecule has 1 aliphatic carbocycles. The highest BCUT2D eigenvalue weighted by atomic mass is 16.2. The summed E-state index contributed by atoms with van der Waals surface area (Å²) >= 11 is 0. The maximum Gasteiger partial charge on any atom is 0.227 e. The average Bonchev–Trinajstić information content (AvgIpc) is 2.29. The zero-order chi connectivity index (χ0) is 13.2. The van der Waals surface area contributed by atoms with Crippen LogP contribution in [0.15, 0.2) is 0 Å². The van der Waals surface area contributed by atoms with E-state index in [-0.39, 0.29) is 23.9 Å². The molecule has 0 spiro atoms. The monoisotopic (exact) mass is 240 g/mol. The van der Waals surface area contributed by atoms with Gasteiger partial charge in [0.15, 0.2) is 0 Å². The number of amides is 1. The third-order valence-corrected chi connectivity index (χ3v) is 4.54. The van der Waals surface area contributed by atoms with Gasteiger partial charge in [0.05, 0.1) is 5.92 Å². The lowest BCUT2D eigenvalue weighted by Crippen LogP contribution is -2.50. The minimum absolute atomic E-state index is 0.0324. The number of hydrogen-bond acceptors (Lipinski definition) is 2. The number of hydrogen-bond donors (Lipinski definition) is 1. The Kier molecular flexibility index (Phi) is 4.99. The molecule has 0 aliphatic heterocycles. The molecule has 100 valence electrons. The van der Waals surface area contributed by atoms with Gasteiger partial charge < -0.3 is 10.6 Å². The van der Waals surface area contributed by atoms with Crippen molar-refractivity contribution in [3.63, 3.8) is 0 Å². The van der Waals surface area contributed by atoms with Crippen molar-refractivity contribution in [3.8, 4) is 0 Å². The smallest absolute Gasteiger partial charge is 0.227 e. The molecule has 0 bridgehead atoms. The highest BCUT2D eigenvalue weighted by molar-refractivity contribution is 5.79. The van der Waals surface area contributed by atoms with Crippen molar-refractivity contribution in [1.29, 1.82) is 0 Å². The van der Waals surface area contributed by atoms with Crippen molar-refractivity contribution in [2.75, 3.05) is 7.05 Å². The summed E-state index contributed by atoms with van der Waals surface area (Å²) in [4.78, 5) is 14.3. The van der Waals surface area contributed by atoms with Gasteiger partial charge in [-0.05, 0) is 31.6 Å². The van der Waals surface area contributed by atoms with Gasteiger partial charge in [0.2, 0.25) is 5.91 Å². The molecule has 1 aliphatic rings. The Morgan fingerprint density at radius 2 is 1.88 bits per heavy atom. The van der Waals surface area contributed by atoms with Gasteiger partial charge in [0.1, 0.15) is 0 Å². The number of rotatable bonds is 3. The first kappa shape index (κ1) is 14.5. The summed E-state index contributed by atoms with van der Waals surface area (Å²) in [6.07, 6.45) is 3.25. The zero-order valence-corrected chi connectivity index (χ0v) is 11.9. The fourth-order valence-electron chi connectivity index (χ4n) is 2.64. The number of nitrogens with zero attached hydrogens (tertiary/aromatic N) is 1. The first-order chi connectivity index (χ1) is 7.86. The third kappa shape index (κ3) is 3.21. The van der Waals surface area contributed by atoms with E-state index in [1.165, 1.54) is 0 Å². The van der Waals surface area contributed by atoms with Crippen molar-refractivity contribution in [1.82, 2.24) is 4.90 Å². The highest BCUT2D eigenvalue weighted by Gasteiger charge is 2.35. The first-order valence-electron chi connectivity index (χ1n) is 6.88. The van der Waals surface area contributed by atoms with Crippen LogP contribution in [0, 0.1) is 17.8 Å². The van der Waals surface area contributed by atoms with Crippen molar-refractivity contribution in [2.45, 2.75) is 59.0 Å². The second kappa shape index (κ2) is 5.85. The maximum absolute atomic E-state index is 12.4. The van der Waals surface area contributed by atoms with Crippen LogP contribution in [0.3, 0.4) is 0 Å². The molecule has 4 unspecified atom stereocenters. The topological polar surface area (TPSA) is 46.3 Å². The van der Waals surface area contributed by atoms with Gasteiger partial charge in [-0.15, -0.1) is 0 Å². The van der Waals surface area contributed by atoms with E-state index >= 15 is 0 Å². The predicted octanol–water partition coefficient (Wildman–Crippen LogP) is 2.25. The lowest BCUT2D eigenvalue weighted by atomic mass is 9.77. The molecule has 0 saturated heterocycles. The Morgan fingerprint density at radius 1 is 1.29 bits per heavy atom. The molecule has 2 N–H and O–H groups in total. The van der Waals surface area contributed by atoms with E-state index in [1.807, 2.05) is 11.9 Å². The molecule has 0 heterocycles. The van der Waals surface area contributed by atoms with E-state index in [0.29, 0.717) is 11.8 Å². The molecule has 4 atom stereocenters. The van der Waals surface area contributed by atoms with E-state index in [9.17, 15) is 4.79 Å². The van der Waals surface area contributed by atoms with Crippen LogP contribution >= 0.6 is 0 Å². The maximum atomic E-state index is 12.4. The van der Waals surface area contributed by atoms with Crippen LogP contribution < -0.4 is 5.73 Å². The molecule has 1 saturated carbocycles. The molecule has 0 aromatic rings. The highest BCUT2D eigenvalue weighted by Crippen LogP contribution is 2.29. The van der Waals surface area contributed by atoms with Gasteiger partial charge in [-0.25, -0.2) is 0 Å². The van der Waals surface area contributed by atoms with Crippen molar-refractivity contribution in [2.24, 2.45) is 23.5 Å². The molecule has 3 nitrogen and oxygen atoms in total. The fourth-order valence-corrected chi connectivity index (χ4v) is 2.64. The van der Waals surface area contributed by atoms with Crippen LogP contribution in [0.2, 0.25) is 0 Å². The van der Waals surface area contributed by atoms with Crippen LogP contribution in [0.5, 0.6) is 0 Å². The summed E-state index contributed by atoms with van der Waals surface area (Å²) in [6, 6.07) is 0.324. The summed E-state index contributed by atoms with van der Waals surface area (Å²) in [5.41, 5.74) is 6.19. The lowest BCUT2D eigenvalue weighted by Gasteiger charge is -2.37. The van der Waals surface area contributed by atoms with Crippen molar-refractivity contribution < 1.29 is 4.79 Å². The van der Waals surface area contributed by atoms with Crippen molar-refractivity contribution >= 4 is 5.91 Å². The molecule has 0 aromatic carbocycles. The van der Waals surface area contributed by atoms with Gasteiger partial charge in [-0.1, -0.05) is 27.2 Å². The number of carbonyl (C=O) groups is 1. The Morgan fingerprint density at radius 3 is 2.41 bits per heavy atom. The average molecular weight is 240 g/mol. The van der Waals surface area contributed by atoms with Gasteiger partial charge in [0.25, 0.3) is 0 Å². The predicted molar refractivity (Wildman–Crippen MR) is 71.6 cm³/mol. The quantitative estimate of drug-likeness (QED) is 0.822. The van der Waals surface area contributed by atoms with Crippen LogP contribution in [0.4, 0.5) is 0 Å². The van der Waals surface area contributed by atoms with Crippen molar-refractivity contribution in [3.05, 3.63) is 0 Å². The van der Waals surface area contributed by atoms with Crippen LogP contribution in [-0.4, -0.2) is 29.9 Å². The van der Waals surface area contributed by atoms with Crippen LogP contribution in [0.25, 0.3) is 0 Å². The molecule has 0 aromatic heterocycles. The number of carbonyl (C=O) groups excluding carboxylic acids is 1. The summed E-state index contributed by atoms with van der Waals surface area (Å²) in [7, 11) is 1.92. The Bertz CT molecular complexity index is 265. The van der Waals surface area contributed by atoms with E-state index < -0.39 is 0 Å². The standard InChI is InChI=1S/C14H28N2O/c1-9(2)11(4)16(5)14(17)12-8-6-7-10(3)13(12)15/h9-13H,6-8,15H2,1-5H3. The fraction of sp³-hybridized carbons (Fsp3) is 0.929. The third-order valence-electron chi connectivity index (χ3n) is 4.54. The van der Waals surface area contributed by atoms with E-state index in [2.05, 4.69) is 27.7 Å². The first-order valence-corrected chi connectivity index (χ1v) is 6.88. The van der Waals surface area contributed by atoms with E-state index in [1.54, 1.807) is 0 Å². The number of nitrogens with two attached hydrogens (primary N) is 1. The van der Waals surface area contributed by atoms with Crippen LogP contribution in [-0.2, 0) is 4.79 Å². The Labute approximate surface area is 106 Å². The molecule has 1 fully saturated rings. The molecular formula is C14H28N2O. The van der Waals surface area contributed by atoms with Gasteiger partial charge in [-0.2, -0.15) is 0 Å². The Balaban J connectivity index is 2.68. The lowest BCUT2D eigenvalue weighted by molar-refractivity contribution is -0.139. The van der Waals surface area contributed by atoms with Gasteiger partial charge in [0, 0.05) is 19.1 Å². The van der Waals surface area contributed by atoms with E-state index in [0.717, 1.165) is 19.3 Å². The second-order valence-electron chi connectivity index (χ2n) is 6.03. The minimum atomic E-state index is 0.0324. The summed E-state index contributed by atoms with van der Waals surface area (Å²) < 4.78 is 0. The largest absolute Gasteiger partial charge is 0.343 e. The normalized spacial score (nSPS) is 31.4. The molecule has 1 amide bonds. The zero-order valence-electron chi connectivity index (χ0n) is 11.9. The van der Waals surface area contributed by atoms with Gasteiger partial charge >= 0.3 is 0 Å². The molecule has 3 heteroatoms. The summed E-state index contributed by atoms with van der Waals surface area (Å²) in [6.45, 7) is 8.58. The summed E-state index contributed by atoms with van der Waals surface area (Å²) in [5.74, 6) is 1.23. The summed E-state index contributed by atoms with van der Waals surface area (Å²) in [5, 5.41) is 0. The van der Waals surface area contributed by atoms with Crippen LogP contribution in [0.1, 0.15) is 47.0 Å². The molecule has 0 radical (unpaired) electrons. The molecular weight excluding hydrogens is 212 g/mol. The Hall–Kier alpha value is -0.570. The molecule has 1 rings (SSSR count). The van der Waals surface area contributed by atoms with Gasteiger partial charge in [-0.3, -0.25) is 4.79 Å². The SMILES string of the molecule is CC(C)C(C)N(C)C(=O)C1CCCC(C)C1N. The minimum Gasteiger partial charge on any atom is -0.343 e. The second-order valence-corrected chi connectivity index (χ2v) is 6.03. The molecule has 17 heavy (non-hydrogen) atoms.